The van der Waals surface area contributed by atoms with Gasteiger partial charge < -0.3 is 24.1 Å². The maximum atomic E-state index is 12.6. The third kappa shape index (κ3) is 5.31. The van der Waals surface area contributed by atoms with Crippen LogP contribution in [0, 0.1) is 6.92 Å². The minimum Gasteiger partial charge on any atom is -0.459 e. The standard InChI is InChI=1S/C21H24N2O7/c1-13-11-23(21(27)22-20(13)28-15-6-4-3-5-7-15)18-10-16(17(12-24)29-18)30-19(26)9-8-14(2)25/h3-7,11,16-18,24H,8-10,12H2,1-2H3/t16-,17+,18+/m0/s1. The molecule has 1 N–H and O–H groups in total. The Bertz CT molecular complexity index is 958. The smallest absolute Gasteiger partial charge is 0.353 e. The molecule has 3 atom stereocenters. The van der Waals surface area contributed by atoms with E-state index in [1.165, 1.54) is 11.5 Å². The van der Waals surface area contributed by atoms with Gasteiger partial charge in [-0.3, -0.25) is 9.36 Å². The summed E-state index contributed by atoms with van der Waals surface area (Å²) in [6.45, 7) is 2.77. The SMILES string of the molecule is CC(=O)CCC(=O)O[C@H]1C[C@H](n2cc(C)c(Oc3ccccc3)nc2=O)O[C@@H]1CO. The van der Waals surface area contributed by atoms with E-state index in [0.29, 0.717) is 11.3 Å². The molecule has 0 aliphatic carbocycles. The fraction of sp³-hybridized carbons (Fsp3) is 0.429. The Morgan fingerprint density at radius 3 is 2.67 bits per heavy atom. The highest BCUT2D eigenvalue weighted by Gasteiger charge is 2.39. The summed E-state index contributed by atoms with van der Waals surface area (Å²) >= 11 is 0. The Morgan fingerprint density at radius 2 is 2.00 bits per heavy atom. The average molecular weight is 416 g/mol. The van der Waals surface area contributed by atoms with Crippen LogP contribution in [0.4, 0.5) is 0 Å². The first-order valence-corrected chi connectivity index (χ1v) is 9.65. The molecule has 1 aliphatic rings. The summed E-state index contributed by atoms with van der Waals surface area (Å²) in [6, 6.07) is 8.98. The topological polar surface area (TPSA) is 117 Å². The van der Waals surface area contributed by atoms with E-state index in [9.17, 15) is 19.5 Å². The number of Topliss-reactive ketones (excluding diaryl/α,β-unsaturated/α-hetero) is 1. The third-order valence-electron chi connectivity index (χ3n) is 4.68. The predicted molar refractivity (Wildman–Crippen MR) is 105 cm³/mol. The van der Waals surface area contributed by atoms with Crippen LogP contribution in [0.5, 0.6) is 11.6 Å². The first-order valence-electron chi connectivity index (χ1n) is 9.65. The van der Waals surface area contributed by atoms with E-state index in [4.69, 9.17) is 14.2 Å². The molecule has 30 heavy (non-hydrogen) atoms. The number of esters is 1. The van der Waals surface area contributed by atoms with Crippen molar-refractivity contribution in [3.8, 4) is 11.6 Å². The summed E-state index contributed by atoms with van der Waals surface area (Å²) in [5.41, 5.74) is 0.0290. The molecule has 0 saturated carbocycles. The molecule has 0 bridgehead atoms. The summed E-state index contributed by atoms with van der Waals surface area (Å²) in [5, 5.41) is 9.57. The van der Waals surface area contributed by atoms with Gasteiger partial charge in [-0.25, -0.2) is 4.79 Å². The number of ether oxygens (including phenoxy) is 3. The van der Waals surface area contributed by atoms with E-state index in [2.05, 4.69) is 4.98 Å². The lowest BCUT2D eigenvalue weighted by Gasteiger charge is -2.16. The van der Waals surface area contributed by atoms with Gasteiger partial charge in [0, 0.05) is 24.6 Å². The van der Waals surface area contributed by atoms with Gasteiger partial charge >= 0.3 is 11.7 Å². The fourth-order valence-corrected chi connectivity index (χ4v) is 3.13. The number of ketones is 1. The average Bonchev–Trinajstić information content (AvgIpc) is 3.12. The number of nitrogens with zero attached hydrogens (tertiary/aromatic N) is 2. The van der Waals surface area contributed by atoms with Crippen LogP contribution in [0.2, 0.25) is 0 Å². The quantitative estimate of drug-likeness (QED) is 0.649. The third-order valence-corrected chi connectivity index (χ3v) is 4.68. The fourth-order valence-electron chi connectivity index (χ4n) is 3.13. The molecule has 9 heteroatoms. The van der Waals surface area contributed by atoms with Crippen LogP contribution in [0.25, 0.3) is 0 Å². The molecule has 2 aromatic rings. The number of hydrogen-bond donors (Lipinski definition) is 1. The van der Waals surface area contributed by atoms with Gasteiger partial charge in [-0.1, -0.05) is 18.2 Å². The van der Waals surface area contributed by atoms with Crippen molar-refractivity contribution in [2.45, 2.75) is 51.5 Å². The van der Waals surface area contributed by atoms with Gasteiger partial charge in [-0.15, -0.1) is 0 Å². The molecule has 1 aromatic heterocycles. The van der Waals surface area contributed by atoms with Crippen molar-refractivity contribution in [1.82, 2.24) is 9.55 Å². The lowest BCUT2D eigenvalue weighted by atomic mass is 10.1. The Balaban J connectivity index is 1.72. The molecule has 0 amide bonds. The van der Waals surface area contributed by atoms with Crippen LogP contribution in [-0.2, 0) is 19.1 Å². The van der Waals surface area contributed by atoms with E-state index in [1.807, 2.05) is 18.2 Å². The number of aliphatic hydroxyl groups excluding tert-OH is 1. The number of carbonyl (C=O) groups excluding carboxylic acids is 2. The van der Waals surface area contributed by atoms with Crippen LogP contribution in [-0.4, -0.2) is 45.2 Å². The van der Waals surface area contributed by atoms with Crippen molar-refractivity contribution in [2.24, 2.45) is 0 Å². The zero-order valence-electron chi connectivity index (χ0n) is 16.8. The number of hydrogen-bond acceptors (Lipinski definition) is 8. The molecule has 1 saturated heterocycles. The second kappa shape index (κ2) is 9.64. The molecule has 160 valence electrons. The van der Waals surface area contributed by atoms with Gasteiger partial charge in [0.1, 0.15) is 30.0 Å². The van der Waals surface area contributed by atoms with Crippen molar-refractivity contribution in [3.05, 3.63) is 52.6 Å². The van der Waals surface area contributed by atoms with Crippen LogP contribution < -0.4 is 10.4 Å². The lowest BCUT2D eigenvalue weighted by molar-refractivity contribution is -0.153. The van der Waals surface area contributed by atoms with Crippen molar-refractivity contribution in [1.29, 1.82) is 0 Å². The van der Waals surface area contributed by atoms with Crippen molar-refractivity contribution < 1.29 is 28.9 Å². The van der Waals surface area contributed by atoms with Crippen molar-refractivity contribution >= 4 is 11.8 Å². The predicted octanol–water partition coefficient (Wildman–Crippen LogP) is 1.90. The number of aromatic nitrogens is 2. The molecule has 2 heterocycles. The number of rotatable bonds is 8. The minimum atomic E-state index is -0.774. The van der Waals surface area contributed by atoms with Gasteiger partial charge in [0.05, 0.1) is 13.0 Å². The van der Waals surface area contributed by atoms with Crippen LogP contribution in [0.3, 0.4) is 0 Å². The molecule has 9 nitrogen and oxygen atoms in total. The molecule has 1 aliphatic heterocycles. The Kier molecular flexibility index (Phi) is 6.96. The highest BCUT2D eigenvalue weighted by Crippen LogP contribution is 2.31. The van der Waals surface area contributed by atoms with Crippen LogP contribution in [0.1, 0.15) is 38.0 Å². The van der Waals surface area contributed by atoms with Gasteiger partial charge in [-0.2, -0.15) is 4.98 Å². The summed E-state index contributed by atoms with van der Waals surface area (Å²) < 4.78 is 18.0. The molecular weight excluding hydrogens is 392 g/mol. The second-order valence-electron chi connectivity index (χ2n) is 7.11. The monoisotopic (exact) mass is 416 g/mol. The number of aliphatic hydroxyl groups is 1. The molecule has 0 unspecified atom stereocenters. The van der Waals surface area contributed by atoms with E-state index in [0.717, 1.165) is 0 Å². The van der Waals surface area contributed by atoms with Crippen molar-refractivity contribution in [3.63, 3.8) is 0 Å². The summed E-state index contributed by atoms with van der Waals surface area (Å²) in [6.07, 6.45) is -0.469. The summed E-state index contributed by atoms with van der Waals surface area (Å²) in [7, 11) is 0. The van der Waals surface area contributed by atoms with Crippen molar-refractivity contribution in [2.75, 3.05) is 6.61 Å². The maximum Gasteiger partial charge on any atom is 0.353 e. The number of para-hydroxylation sites is 1. The first-order chi connectivity index (χ1) is 14.4. The van der Waals surface area contributed by atoms with E-state index < -0.39 is 30.1 Å². The van der Waals surface area contributed by atoms with Gasteiger partial charge in [0.15, 0.2) is 0 Å². The number of aryl methyl sites for hydroxylation is 1. The first kappa shape index (κ1) is 21.7. The molecule has 1 fully saturated rings. The second-order valence-corrected chi connectivity index (χ2v) is 7.11. The van der Waals surface area contributed by atoms with Gasteiger partial charge in [0.25, 0.3) is 0 Å². The molecule has 1 aromatic carbocycles. The highest BCUT2D eigenvalue weighted by molar-refractivity contribution is 5.81. The summed E-state index contributed by atoms with van der Waals surface area (Å²) in [4.78, 5) is 39.5. The minimum absolute atomic E-state index is 0.0409. The number of benzene rings is 1. The Labute approximate surface area is 173 Å². The van der Waals surface area contributed by atoms with Crippen LogP contribution in [0.15, 0.2) is 41.3 Å². The van der Waals surface area contributed by atoms with E-state index in [1.54, 1.807) is 25.3 Å². The van der Waals surface area contributed by atoms with E-state index >= 15 is 0 Å². The number of carbonyl (C=O) groups is 2. The van der Waals surface area contributed by atoms with Gasteiger partial charge in [0.2, 0.25) is 5.88 Å². The summed E-state index contributed by atoms with van der Waals surface area (Å²) in [5.74, 6) is 0.0786. The Hall–Kier alpha value is -3.04. The van der Waals surface area contributed by atoms with E-state index in [-0.39, 0.29) is 37.5 Å². The highest BCUT2D eigenvalue weighted by atomic mass is 16.6. The molecule has 3 rings (SSSR count). The molecule has 0 spiro atoms. The normalized spacial score (nSPS) is 20.7. The molecule has 0 radical (unpaired) electrons. The maximum absolute atomic E-state index is 12.6. The zero-order chi connectivity index (χ0) is 21.7. The zero-order valence-corrected chi connectivity index (χ0v) is 16.8. The van der Waals surface area contributed by atoms with Gasteiger partial charge in [-0.05, 0) is 26.0 Å². The largest absolute Gasteiger partial charge is 0.459 e. The Morgan fingerprint density at radius 1 is 1.27 bits per heavy atom. The van der Waals surface area contributed by atoms with Crippen LogP contribution >= 0.6 is 0 Å². The lowest BCUT2D eigenvalue weighted by Crippen LogP contribution is -2.30. The molecular formula is C21H24N2O7.